The highest BCUT2D eigenvalue weighted by molar-refractivity contribution is 7.21. The van der Waals surface area contributed by atoms with Crippen molar-refractivity contribution in [2.75, 3.05) is 18.5 Å². The van der Waals surface area contributed by atoms with Crippen LogP contribution in [0.5, 0.6) is 0 Å². The molecule has 0 aliphatic rings. The molecule has 6 nitrogen and oxygen atoms in total. The average Bonchev–Trinajstić information content (AvgIpc) is 3.09. The largest absolute Gasteiger partial charge is 0.463 e. The van der Waals surface area contributed by atoms with Gasteiger partial charge in [-0.05, 0) is 36.8 Å². The molecule has 3 aromatic rings. The first-order valence-electron chi connectivity index (χ1n) is 9.18. The van der Waals surface area contributed by atoms with E-state index in [1.54, 1.807) is 37.3 Å². The molecule has 0 spiro atoms. The van der Waals surface area contributed by atoms with Crippen LogP contribution in [0, 0.1) is 0 Å². The molecule has 0 saturated heterocycles. The number of amides is 2. The Bertz CT molecular complexity index is 1110. The van der Waals surface area contributed by atoms with Gasteiger partial charge >= 0.3 is 5.97 Å². The third kappa shape index (κ3) is 5.46. The minimum Gasteiger partial charge on any atom is -0.463 e. The molecule has 3 rings (SSSR count). The molecule has 0 aliphatic carbocycles. The standard InChI is InChI=1S/C22H19ClN2O4S/c1-2-29-19(27)12-9-14-7-10-15(11-8-14)25-18(26)13-24-22(28)21-20(23)16-5-3-4-6-17(16)30-21/h3-12H,2,13H2,1H3,(H,24,28)(H,25,26)/b12-9+. The van der Waals surface area contributed by atoms with E-state index in [-0.39, 0.29) is 12.5 Å². The summed E-state index contributed by atoms with van der Waals surface area (Å²) in [6.45, 7) is 1.87. The summed E-state index contributed by atoms with van der Waals surface area (Å²) in [5, 5.41) is 6.50. The van der Waals surface area contributed by atoms with Crippen molar-refractivity contribution in [1.82, 2.24) is 5.32 Å². The Morgan fingerprint density at radius 2 is 1.83 bits per heavy atom. The van der Waals surface area contributed by atoms with E-state index in [2.05, 4.69) is 10.6 Å². The molecule has 0 aliphatic heterocycles. The molecule has 0 radical (unpaired) electrons. The molecule has 1 heterocycles. The number of ether oxygens (including phenoxy) is 1. The molecule has 2 N–H and O–H groups in total. The van der Waals surface area contributed by atoms with Crippen LogP contribution >= 0.6 is 22.9 Å². The molecular weight excluding hydrogens is 424 g/mol. The van der Waals surface area contributed by atoms with Crippen molar-refractivity contribution in [3.05, 3.63) is 70.1 Å². The Balaban J connectivity index is 1.53. The highest BCUT2D eigenvalue weighted by atomic mass is 35.5. The average molecular weight is 443 g/mol. The summed E-state index contributed by atoms with van der Waals surface area (Å²) in [4.78, 5) is 36.2. The quantitative estimate of drug-likeness (QED) is 0.416. The number of benzene rings is 2. The number of esters is 1. The van der Waals surface area contributed by atoms with Gasteiger partial charge in [-0.15, -0.1) is 11.3 Å². The van der Waals surface area contributed by atoms with Gasteiger partial charge in [-0.1, -0.05) is 41.9 Å². The van der Waals surface area contributed by atoms with Gasteiger partial charge < -0.3 is 15.4 Å². The van der Waals surface area contributed by atoms with Crippen molar-refractivity contribution < 1.29 is 19.1 Å². The highest BCUT2D eigenvalue weighted by Crippen LogP contribution is 2.34. The van der Waals surface area contributed by atoms with Crippen LogP contribution in [0.15, 0.2) is 54.6 Å². The summed E-state index contributed by atoms with van der Waals surface area (Å²) < 4.78 is 5.73. The van der Waals surface area contributed by atoms with Gasteiger partial charge in [-0.2, -0.15) is 0 Å². The Hall–Kier alpha value is -3.16. The summed E-state index contributed by atoms with van der Waals surface area (Å²) in [6.07, 6.45) is 2.96. The Morgan fingerprint density at radius 1 is 1.10 bits per heavy atom. The third-order valence-electron chi connectivity index (χ3n) is 4.04. The number of carbonyl (C=O) groups is 3. The molecule has 0 fully saturated rings. The molecule has 0 bridgehead atoms. The SMILES string of the molecule is CCOC(=O)/C=C/c1ccc(NC(=O)CNC(=O)c2sc3ccccc3c2Cl)cc1. The lowest BCUT2D eigenvalue weighted by molar-refractivity contribution is -0.137. The zero-order chi connectivity index (χ0) is 21.5. The van der Waals surface area contributed by atoms with Gasteiger partial charge in [-0.25, -0.2) is 4.79 Å². The van der Waals surface area contributed by atoms with E-state index in [4.69, 9.17) is 16.3 Å². The number of thiophene rings is 1. The summed E-state index contributed by atoms with van der Waals surface area (Å²) in [6, 6.07) is 14.4. The van der Waals surface area contributed by atoms with Crippen LogP contribution in [0.25, 0.3) is 16.2 Å². The number of fused-ring (bicyclic) bond motifs is 1. The van der Waals surface area contributed by atoms with Gasteiger partial charge in [0.25, 0.3) is 5.91 Å². The molecule has 1 aromatic heterocycles. The predicted octanol–water partition coefficient (Wildman–Crippen LogP) is 4.50. The number of carbonyl (C=O) groups excluding carboxylic acids is 3. The molecule has 0 saturated carbocycles. The van der Waals surface area contributed by atoms with Gasteiger partial charge in [0.05, 0.1) is 18.2 Å². The summed E-state index contributed by atoms with van der Waals surface area (Å²) >= 11 is 7.57. The lowest BCUT2D eigenvalue weighted by Crippen LogP contribution is -2.32. The normalized spacial score (nSPS) is 10.9. The van der Waals surface area contributed by atoms with Gasteiger partial charge in [0.1, 0.15) is 4.88 Å². The van der Waals surface area contributed by atoms with E-state index >= 15 is 0 Å². The molecule has 0 atom stereocenters. The zero-order valence-corrected chi connectivity index (χ0v) is 17.7. The second-order valence-corrected chi connectivity index (χ2v) is 7.61. The van der Waals surface area contributed by atoms with E-state index in [0.717, 1.165) is 15.6 Å². The second kappa shape index (κ2) is 10.0. The number of hydrogen-bond donors (Lipinski definition) is 2. The second-order valence-electron chi connectivity index (χ2n) is 6.18. The van der Waals surface area contributed by atoms with Gasteiger partial charge in [-0.3, -0.25) is 9.59 Å². The van der Waals surface area contributed by atoms with Crippen LogP contribution in [0.4, 0.5) is 5.69 Å². The minimum absolute atomic E-state index is 0.187. The lowest BCUT2D eigenvalue weighted by atomic mass is 10.2. The number of nitrogens with one attached hydrogen (secondary N) is 2. The fourth-order valence-electron chi connectivity index (χ4n) is 2.64. The van der Waals surface area contributed by atoms with E-state index in [1.165, 1.54) is 17.4 Å². The molecular formula is C22H19ClN2O4S. The number of anilines is 1. The van der Waals surface area contributed by atoms with Crippen LogP contribution in [0.1, 0.15) is 22.2 Å². The summed E-state index contributed by atoms with van der Waals surface area (Å²) in [7, 11) is 0. The third-order valence-corrected chi connectivity index (χ3v) is 5.72. The number of halogens is 1. The van der Waals surface area contributed by atoms with Crippen molar-refractivity contribution in [3.8, 4) is 0 Å². The van der Waals surface area contributed by atoms with E-state index in [0.29, 0.717) is 22.2 Å². The van der Waals surface area contributed by atoms with E-state index in [1.807, 2.05) is 24.3 Å². The molecule has 154 valence electrons. The molecule has 2 amide bonds. The van der Waals surface area contributed by atoms with Crippen molar-refractivity contribution in [2.45, 2.75) is 6.92 Å². The topological polar surface area (TPSA) is 84.5 Å². The maximum absolute atomic E-state index is 12.4. The highest BCUT2D eigenvalue weighted by Gasteiger charge is 2.17. The molecule has 2 aromatic carbocycles. The predicted molar refractivity (Wildman–Crippen MR) is 120 cm³/mol. The molecule has 30 heavy (non-hydrogen) atoms. The van der Waals surface area contributed by atoms with Crippen LogP contribution in [-0.2, 0) is 14.3 Å². The monoisotopic (exact) mass is 442 g/mol. The van der Waals surface area contributed by atoms with Crippen LogP contribution in [-0.4, -0.2) is 30.9 Å². The van der Waals surface area contributed by atoms with Crippen molar-refractivity contribution in [3.63, 3.8) is 0 Å². The first-order chi connectivity index (χ1) is 14.5. The summed E-state index contributed by atoms with van der Waals surface area (Å²) in [5.74, 6) is -1.17. The molecule has 8 heteroatoms. The van der Waals surface area contributed by atoms with Gasteiger partial charge in [0.2, 0.25) is 5.91 Å². The zero-order valence-electron chi connectivity index (χ0n) is 16.1. The van der Waals surface area contributed by atoms with E-state index in [9.17, 15) is 14.4 Å². The summed E-state index contributed by atoms with van der Waals surface area (Å²) in [5.41, 5.74) is 1.36. The molecule has 0 unspecified atom stereocenters. The Morgan fingerprint density at radius 3 is 2.53 bits per heavy atom. The number of rotatable bonds is 7. The van der Waals surface area contributed by atoms with Crippen molar-refractivity contribution >= 4 is 62.6 Å². The first kappa shape index (κ1) is 21.5. The maximum atomic E-state index is 12.4. The van der Waals surface area contributed by atoms with Crippen LogP contribution in [0.2, 0.25) is 5.02 Å². The lowest BCUT2D eigenvalue weighted by Gasteiger charge is -2.07. The first-order valence-corrected chi connectivity index (χ1v) is 10.4. The van der Waals surface area contributed by atoms with Crippen LogP contribution < -0.4 is 10.6 Å². The van der Waals surface area contributed by atoms with Gasteiger partial charge in [0, 0.05) is 21.8 Å². The Kier molecular flexibility index (Phi) is 7.21. The van der Waals surface area contributed by atoms with Crippen LogP contribution in [0.3, 0.4) is 0 Å². The fraction of sp³-hybridized carbons (Fsp3) is 0.136. The van der Waals surface area contributed by atoms with Crippen molar-refractivity contribution in [2.24, 2.45) is 0 Å². The fourth-order valence-corrected chi connectivity index (χ4v) is 4.07. The van der Waals surface area contributed by atoms with E-state index < -0.39 is 11.9 Å². The van der Waals surface area contributed by atoms with Gasteiger partial charge in [0.15, 0.2) is 0 Å². The van der Waals surface area contributed by atoms with Crippen molar-refractivity contribution in [1.29, 1.82) is 0 Å². The number of hydrogen-bond acceptors (Lipinski definition) is 5. The smallest absolute Gasteiger partial charge is 0.330 e. The Labute approximate surface area is 182 Å². The maximum Gasteiger partial charge on any atom is 0.330 e. The minimum atomic E-state index is -0.413.